The van der Waals surface area contributed by atoms with Crippen molar-refractivity contribution in [2.75, 3.05) is 18.4 Å². The van der Waals surface area contributed by atoms with E-state index in [1.807, 2.05) is 66.7 Å². The lowest BCUT2D eigenvalue weighted by atomic mass is 10.0. The summed E-state index contributed by atoms with van der Waals surface area (Å²) in [5.41, 5.74) is 4.04. The van der Waals surface area contributed by atoms with Crippen molar-refractivity contribution in [3.63, 3.8) is 0 Å². The molecule has 1 N–H and O–H groups in total. The topological polar surface area (TPSA) is 41.6 Å². The predicted molar refractivity (Wildman–Crippen MR) is 122 cm³/mol. The van der Waals surface area contributed by atoms with Crippen LogP contribution in [0, 0.1) is 0 Å². The van der Waals surface area contributed by atoms with Crippen LogP contribution in [0.25, 0.3) is 11.1 Å². The summed E-state index contributed by atoms with van der Waals surface area (Å²) < 4.78 is 5.71. The molecule has 3 aromatic rings. The maximum absolute atomic E-state index is 12.5. The number of likely N-dealkylation sites (tertiary alicyclic amines) is 1. The van der Waals surface area contributed by atoms with Crippen LogP contribution in [0.2, 0.25) is 5.02 Å². The number of rotatable bonds is 5. The van der Waals surface area contributed by atoms with Crippen LogP contribution in [0.3, 0.4) is 0 Å². The number of nitrogens with one attached hydrogen (secondary N) is 1. The van der Waals surface area contributed by atoms with E-state index in [9.17, 15) is 4.79 Å². The number of hydrogen-bond acceptors (Lipinski definition) is 3. The number of nitrogens with zero attached hydrogens (tertiary/aromatic N) is 1. The molecule has 154 valence electrons. The summed E-state index contributed by atoms with van der Waals surface area (Å²) in [5, 5.41) is 3.68. The molecule has 0 spiro atoms. The first-order chi connectivity index (χ1) is 14.7. The third-order valence-electron chi connectivity index (χ3n) is 5.38. The number of amides is 1. The Kier molecular flexibility index (Phi) is 6.67. The van der Waals surface area contributed by atoms with Crippen molar-refractivity contribution in [3.05, 3.63) is 89.4 Å². The highest BCUT2D eigenvalue weighted by atomic mass is 35.5. The fourth-order valence-electron chi connectivity index (χ4n) is 3.79. The van der Waals surface area contributed by atoms with Crippen molar-refractivity contribution in [3.8, 4) is 11.1 Å². The minimum absolute atomic E-state index is 0.0599. The average molecular weight is 421 g/mol. The van der Waals surface area contributed by atoms with Crippen molar-refractivity contribution < 1.29 is 9.53 Å². The maximum atomic E-state index is 12.5. The van der Waals surface area contributed by atoms with Gasteiger partial charge < -0.3 is 4.74 Å². The van der Waals surface area contributed by atoms with Crippen LogP contribution in [-0.2, 0) is 11.3 Å². The average Bonchev–Trinajstić information content (AvgIpc) is 2.78. The molecule has 1 heterocycles. The summed E-state index contributed by atoms with van der Waals surface area (Å²) in [4.78, 5) is 14.9. The van der Waals surface area contributed by atoms with Crippen molar-refractivity contribution in [2.24, 2.45) is 0 Å². The normalized spacial score (nSPS) is 15.0. The Hall–Kier alpha value is -2.82. The molecule has 0 bridgehead atoms. The summed E-state index contributed by atoms with van der Waals surface area (Å²) in [7, 11) is 0. The lowest BCUT2D eigenvalue weighted by Gasteiger charge is -2.31. The number of piperidine rings is 1. The molecule has 0 aromatic heterocycles. The molecule has 1 fully saturated rings. The first-order valence-corrected chi connectivity index (χ1v) is 10.6. The van der Waals surface area contributed by atoms with Crippen LogP contribution in [0.1, 0.15) is 18.4 Å². The first kappa shape index (κ1) is 20.5. The Morgan fingerprint density at radius 2 is 1.60 bits per heavy atom. The van der Waals surface area contributed by atoms with Gasteiger partial charge in [-0.15, -0.1) is 0 Å². The molecular formula is C25H25ClN2O2. The van der Waals surface area contributed by atoms with Crippen molar-refractivity contribution >= 4 is 23.4 Å². The minimum atomic E-state index is -0.394. The second-order valence-corrected chi connectivity index (χ2v) is 7.98. The third-order valence-corrected chi connectivity index (χ3v) is 5.63. The lowest BCUT2D eigenvalue weighted by Crippen LogP contribution is -2.38. The van der Waals surface area contributed by atoms with Gasteiger partial charge in [-0.05, 0) is 42.2 Å². The Morgan fingerprint density at radius 3 is 2.33 bits per heavy atom. The van der Waals surface area contributed by atoms with E-state index in [1.165, 1.54) is 5.56 Å². The smallest absolute Gasteiger partial charge is 0.411 e. The second kappa shape index (κ2) is 9.79. The first-order valence-electron chi connectivity index (χ1n) is 10.3. The lowest BCUT2D eigenvalue weighted by molar-refractivity contribution is 0.0567. The number of hydrogen-bond donors (Lipinski definition) is 1. The molecule has 4 nitrogen and oxygen atoms in total. The van der Waals surface area contributed by atoms with Crippen LogP contribution in [-0.4, -0.2) is 30.2 Å². The predicted octanol–water partition coefficient (Wildman–Crippen LogP) is 6.22. The van der Waals surface area contributed by atoms with E-state index >= 15 is 0 Å². The fourth-order valence-corrected chi connectivity index (χ4v) is 3.91. The number of benzene rings is 3. The Balaban J connectivity index is 1.29. The standard InChI is InChI=1S/C25H25ClN2O2/c26-21-12-10-19(11-13-21)18-28-16-14-22(15-17-28)30-25(29)27-24-9-5-4-8-23(24)20-6-2-1-3-7-20/h1-13,22H,14-18H2,(H,27,29). The highest BCUT2D eigenvalue weighted by Crippen LogP contribution is 2.28. The molecule has 0 atom stereocenters. The molecule has 1 saturated heterocycles. The van der Waals surface area contributed by atoms with Gasteiger partial charge in [0.05, 0.1) is 5.69 Å². The molecule has 1 aliphatic rings. The van der Waals surface area contributed by atoms with Gasteiger partial charge in [0.1, 0.15) is 6.10 Å². The van der Waals surface area contributed by atoms with E-state index in [-0.39, 0.29) is 6.10 Å². The van der Waals surface area contributed by atoms with E-state index in [1.54, 1.807) is 0 Å². The van der Waals surface area contributed by atoms with Crippen LogP contribution < -0.4 is 5.32 Å². The third kappa shape index (κ3) is 5.41. The highest BCUT2D eigenvalue weighted by Gasteiger charge is 2.22. The number of halogens is 1. The largest absolute Gasteiger partial charge is 0.446 e. The summed E-state index contributed by atoms with van der Waals surface area (Å²) in [6, 6.07) is 25.8. The van der Waals surface area contributed by atoms with Gasteiger partial charge in [0.25, 0.3) is 0 Å². The van der Waals surface area contributed by atoms with Crippen LogP contribution in [0.4, 0.5) is 10.5 Å². The van der Waals surface area contributed by atoms with Crippen LogP contribution >= 0.6 is 11.6 Å². The monoisotopic (exact) mass is 420 g/mol. The second-order valence-electron chi connectivity index (χ2n) is 7.54. The molecule has 0 saturated carbocycles. The maximum Gasteiger partial charge on any atom is 0.411 e. The Morgan fingerprint density at radius 1 is 0.933 bits per heavy atom. The number of carbonyl (C=O) groups is 1. The number of carbonyl (C=O) groups excluding carboxylic acids is 1. The molecular weight excluding hydrogens is 396 g/mol. The molecule has 1 amide bonds. The molecule has 0 aliphatic carbocycles. The van der Waals surface area contributed by atoms with Gasteiger partial charge in [-0.2, -0.15) is 0 Å². The highest BCUT2D eigenvalue weighted by molar-refractivity contribution is 6.30. The number of ether oxygens (including phenoxy) is 1. The zero-order chi connectivity index (χ0) is 20.8. The van der Waals surface area contributed by atoms with Gasteiger partial charge in [-0.1, -0.05) is 72.3 Å². The molecule has 0 unspecified atom stereocenters. The van der Waals surface area contributed by atoms with Crippen molar-refractivity contribution in [1.82, 2.24) is 4.90 Å². The van der Waals surface area contributed by atoms with E-state index < -0.39 is 6.09 Å². The molecule has 1 aliphatic heterocycles. The van der Waals surface area contributed by atoms with Crippen LogP contribution in [0.5, 0.6) is 0 Å². The summed E-state index contributed by atoms with van der Waals surface area (Å²) >= 11 is 5.96. The molecule has 0 radical (unpaired) electrons. The summed E-state index contributed by atoms with van der Waals surface area (Å²) in [6.07, 6.45) is 1.22. The van der Waals surface area contributed by atoms with Gasteiger partial charge in [0.15, 0.2) is 0 Å². The van der Waals surface area contributed by atoms with Gasteiger partial charge in [-0.25, -0.2) is 4.79 Å². The van der Waals surface area contributed by atoms with E-state index in [0.29, 0.717) is 0 Å². The quantitative estimate of drug-likeness (QED) is 0.532. The van der Waals surface area contributed by atoms with Gasteiger partial charge in [0.2, 0.25) is 0 Å². The van der Waals surface area contributed by atoms with Crippen molar-refractivity contribution in [1.29, 1.82) is 0 Å². The van der Waals surface area contributed by atoms with E-state index in [4.69, 9.17) is 16.3 Å². The van der Waals surface area contributed by atoms with E-state index in [2.05, 4.69) is 22.3 Å². The van der Waals surface area contributed by atoms with E-state index in [0.717, 1.165) is 54.3 Å². The zero-order valence-electron chi connectivity index (χ0n) is 16.8. The summed E-state index contributed by atoms with van der Waals surface area (Å²) in [5.74, 6) is 0. The minimum Gasteiger partial charge on any atom is -0.446 e. The molecule has 3 aromatic carbocycles. The van der Waals surface area contributed by atoms with Gasteiger partial charge in [-0.3, -0.25) is 10.2 Å². The SMILES string of the molecule is O=C(Nc1ccccc1-c1ccccc1)OC1CCN(Cc2ccc(Cl)cc2)CC1. The fraction of sp³-hybridized carbons (Fsp3) is 0.240. The molecule has 4 rings (SSSR count). The van der Waals surface area contributed by atoms with Gasteiger partial charge in [0, 0.05) is 30.2 Å². The molecule has 30 heavy (non-hydrogen) atoms. The number of para-hydroxylation sites is 1. The van der Waals surface area contributed by atoms with Crippen LogP contribution in [0.15, 0.2) is 78.9 Å². The molecule has 5 heteroatoms. The summed E-state index contributed by atoms with van der Waals surface area (Å²) in [6.45, 7) is 2.70. The Bertz CT molecular complexity index is 968. The zero-order valence-corrected chi connectivity index (χ0v) is 17.5. The number of anilines is 1. The Labute approximate surface area is 182 Å². The van der Waals surface area contributed by atoms with Gasteiger partial charge >= 0.3 is 6.09 Å². The van der Waals surface area contributed by atoms with Crippen molar-refractivity contribution in [2.45, 2.75) is 25.5 Å².